The molecule has 0 radical (unpaired) electrons. The Bertz CT molecular complexity index is 941. The Kier molecular flexibility index (Phi) is 4.72. The monoisotopic (exact) mass is 399 g/mol. The smallest absolute Gasteiger partial charge is 0.385 e. The summed E-state index contributed by atoms with van der Waals surface area (Å²) in [6.07, 6.45) is -3.35. The van der Waals surface area contributed by atoms with Crippen molar-refractivity contribution in [1.82, 2.24) is 4.98 Å². The fourth-order valence-corrected chi connectivity index (χ4v) is 4.09. The average molecular weight is 399 g/mol. The molecule has 1 fully saturated rings. The zero-order valence-corrected chi connectivity index (χ0v) is 15.6. The van der Waals surface area contributed by atoms with Crippen molar-refractivity contribution in [3.63, 3.8) is 0 Å². The highest BCUT2D eigenvalue weighted by atomic mass is 32.2. The number of halogens is 3. The molecule has 3 N–H and O–H groups in total. The van der Waals surface area contributed by atoms with Crippen LogP contribution in [0.4, 0.5) is 18.9 Å². The van der Waals surface area contributed by atoms with E-state index in [9.17, 15) is 21.6 Å². The largest absolute Gasteiger partial charge is 0.433 e. The van der Waals surface area contributed by atoms with Gasteiger partial charge in [-0.1, -0.05) is 26.0 Å². The molecule has 1 aromatic heterocycles. The summed E-state index contributed by atoms with van der Waals surface area (Å²) in [6, 6.07) is 8.91. The minimum absolute atomic E-state index is 0.0517. The Balaban J connectivity index is 1.70. The van der Waals surface area contributed by atoms with E-state index in [1.54, 1.807) is 12.1 Å². The number of anilines is 1. The molecule has 9 heteroatoms. The van der Waals surface area contributed by atoms with Gasteiger partial charge in [0.2, 0.25) is 10.0 Å². The molecule has 0 unspecified atom stereocenters. The lowest BCUT2D eigenvalue weighted by Crippen LogP contribution is -2.12. The van der Waals surface area contributed by atoms with Crippen molar-refractivity contribution in [2.45, 2.75) is 30.8 Å². The normalized spacial score (nSPS) is 21.7. The highest BCUT2D eigenvalue weighted by molar-refractivity contribution is 7.89. The molecule has 3 rings (SSSR count). The van der Waals surface area contributed by atoms with Crippen LogP contribution in [0.25, 0.3) is 0 Å². The number of nitrogens with zero attached hydrogens (tertiary/aromatic N) is 1. The van der Waals surface area contributed by atoms with Crippen LogP contribution in [0.5, 0.6) is 0 Å². The van der Waals surface area contributed by atoms with E-state index in [0.29, 0.717) is 12.2 Å². The van der Waals surface area contributed by atoms with E-state index in [2.05, 4.69) is 24.1 Å². The van der Waals surface area contributed by atoms with Gasteiger partial charge in [0.05, 0.1) is 4.90 Å². The lowest BCUT2D eigenvalue weighted by Gasteiger charge is -2.10. The SMILES string of the molecule is CC1(C)[C@@H](CNc2ccnc(C(F)(F)F)c2)[C@@H]1c1ccc(S(N)(=O)=O)cc1. The number of nitrogens with one attached hydrogen (secondary N) is 1. The highest BCUT2D eigenvalue weighted by Crippen LogP contribution is 2.64. The van der Waals surface area contributed by atoms with Crippen LogP contribution in [-0.4, -0.2) is 19.9 Å². The Labute approximate surface area is 155 Å². The number of alkyl halides is 3. The third kappa shape index (κ3) is 4.08. The zero-order chi connectivity index (χ0) is 20.0. The molecule has 1 aromatic carbocycles. The lowest BCUT2D eigenvalue weighted by molar-refractivity contribution is -0.141. The van der Waals surface area contributed by atoms with E-state index >= 15 is 0 Å². The summed E-state index contributed by atoms with van der Waals surface area (Å²) in [5.41, 5.74) is 0.349. The van der Waals surface area contributed by atoms with Crippen LogP contribution < -0.4 is 10.5 Å². The number of aromatic nitrogens is 1. The topological polar surface area (TPSA) is 85.1 Å². The average Bonchev–Trinajstić information content (AvgIpc) is 3.12. The van der Waals surface area contributed by atoms with Gasteiger partial charge in [0.25, 0.3) is 0 Å². The molecule has 1 saturated carbocycles. The van der Waals surface area contributed by atoms with Gasteiger partial charge in [-0.05, 0) is 47.1 Å². The summed E-state index contributed by atoms with van der Waals surface area (Å²) in [6.45, 7) is 4.65. The van der Waals surface area contributed by atoms with E-state index in [-0.39, 0.29) is 22.1 Å². The molecule has 146 valence electrons. The van der Waals surface area contributed by atoms with Crippen molar-refractivity contribution < 1.29 is 21.6 Å². The molecule has 5 nitrogen and oxygen atoms in total. The van der Waals surface area contributed by atoms with Crippen LogP contribution in [0.1, 0.15) is 31.0 Å². The Morgan fingerprint density at radius 3 is 2.37 bits per heavy atom. The quantitative estimate of drug-likeness (QED) is 0.805. The lowest BCUT2D eigenvalue weighted by atomic mass is 10.0. The van der Waals surface area contributed by atoms with Crippen molar-refractivity contribution in [1.29, 1.82) is 0 Å². The molecule has 2 aromatic rings. The van der Waals surface area contributed by atoms with Gasteiger partial charge in [0, 0.05) is 18.4 Å². The van der Waals surface area contributed by atoms with Crippen molar-refractivity contribution in [2.24, 2.45) is 16.5 Å². The molecular formula is C18H20F3N3O2S. The Morgan fingerprint density at radius 1 is 1.19 bits per heavy atom. The predicted molar refractivity (Wildman–Crippen MR) is 95.6 cm³/mol. The van der Waals surface area contributed by atoms with Gasteiger partial charge in [-0.25, -0.2) is 13.6 Å². The van der Waals surface area contributed by atoms with E-state index < -0.39 is 21.9 Å². The summed E-state index contributed by atoms with van der Waals surface area (Å²) in [5.74, 6) is 0.365. The molecule has 0 spiro atoms. The van der Waals surface area contributed by atoms with E-state index in [0.717, 1.165) is 17.8 Å². The third-order valence-electron chi connectivity index (χ3n) is 5.19. The van der Waals surface area contributed by atoms with Crippen LogP contribution in [0.2, 0.25) is 0 Å². The van der Waals surface area contributed by atoms with Crippen LogP contribution in [0.3, 0.4) is 0 Å². The molecule has 1 aliphatic rings. The predicted octanol–water partition coefficient (Wildman–Crippen LogP) is 3.60. The van der Waals surface area contributed by atoms with E-state index in [4.69, 9.17) is 5.14 Å². The molecular weight excluding hydrogens is 379 g/mol. The van der Waals surface area contributed by atoms with Gasteiger partial charge < -0.3 is 5.32 Å². The number of hydrogen-bond acceptors (Lipinski definition) is 4. The van der Waals surface area contributed by atoms with Crippen LogP contribution in [0.15, 0.2) is 47.5 Å². The molecule has 27 heavy (non-hydrogen) atoms. The fourth-order valence-electron chi connectivity index (χ4n) is 3.58. The number of primary sulfonamides is 1. The van der Waals surface area contributed by atoms with Gasteiger partial charge >= 0.3 is 6.18 Å². The Hall–Kier alpha value is -2.13. The summed E-state index contributed by atoms with van der Waals surface area (Å²) < 4.78 is 61.0. The summed E-state index contributed by atoms with van der Waals surface area (Å²) >= 11 is 0. The zero-order valence-electron chi connectivity index (χ0n) is 14.8. The minimum Gasteiger partial charge on any atom is -0.385 e. The Morgan fingerprint density at radius 2 is 1.81 bits per heavy atom. The third-order valence-corrected chi connectivity index (χ3v) is 6.12. The van der Waals surface area contributed by atoms with Crippen molar-refractivity contribution >= 4 is 15.7 Å². The number of benzene rings is 1. The summed E-state index contributed by atoms with van der Waals surface area (Å²) in [7, 11) is -3.74. The fraction of sp³-hybridized carbons (Fsp3) is 0.389. The minimum atomic E-state index is -4.48. The number of pyridine rings is 1. The first-order valence-electron chi connectivity index (χ1n) is 8.30. The van der Waals surface area contributed by atoms with Crippen LogP contribution >= 0.6 is 0 Å². The number of sulfonamides is 1. The second-order valence-corrected chi connectivity index (χ2v) is 8.89. The highest BCUT2D eigenvalue weighted by Gasteiger charge is 2.57. The second kappa shape index (κ2) is 6.49. The first-order chi connectivity index (χ1) is 12.4. The second-order valence-electron chi connectivity index (χ2n) is 7.33. The molecule has 0 aliphatic heterocycles. The maximum atomic E-state index is 12.8. The first-order valence-corrected chi connectivity index (χ1v) is 9.85. The van der Waals surface area contributed by atoms with E-state index in [1.165, 1.54) is 18.2 Å². The van der Waals surface area contributed by atoms with Crippen molar-refractivity contribution in [3.05, 3.63) is 53.9 Å². The van der Waals surface area contributed by atoms with Crippen molar-refractivity contribution in [3.8, 4) is 0 Å². The standard InChI is InChI=1S/C18H20F3N3O2S/c1-17(2)14(10-24-12-7-8-23-15(9-12)18(19,20)21)16(17)11-3-5-13(6-4-11)27(22,25)26/h3-9,14,16H,10H2,1-2H3,(H,23,24)(H2,22,25,26)/t14-,16-/m0/s1. The van der Waals surface area contributed by atoms with Crippen LogP contribution in [-0.2, 0) is 16.2 Å². The number of hydrogen-bond donors (Lipinski definition) is 2. The number of nitrogens with two attached hydrogens (primary N) is 1. The van der Waals surface area contributed by atoms with Gasteiger partial charge in [0.15, 0.2) is 0 Å². The molecule has 1 heterocycles. The van der Waals surface area contributed by atoms with Crippen LogP contribution in [0, 0.1) is 11.3 Å². The molecule has 0 saturated heterocycles. The van der Waals surface area contributed by atoms with Crippen molar-refractivity contribution in [2.75, 3.05) is 11.9 Å². The molecule has 2 atom stereocenters. The molecule has 1 aliphatic carbocycles. The molecule has 0 amide bonds. The van der Waals surface area contributed by atoms with Gasteiger partial charge in [-0.15, -0.1) is 0 Å². The maximum absolute atomic E-state index is 12.8. The summed E-state index contributed by atoms with van der Waals surface area (Å²) in [5, 5.41) is 8.17. The first kappa shape index (κ1) is 19.6. The van der Waals surface area contributed by atoms with Gasteiger partial charge in [-0.3, -0.25) is 4.98 Å². The van der Waals surface area contributed by atoms with Gasteiger partial charge in [-0.2, -0.15) is 13.2 Å². The summed E-state index contributed by atoms with van der Waals surface area (Å²) in [4.78, 5) is 3.40. The van der Waals surface area contributed by atoms with Gasteiger partial charge in [0.1, 0.15) is 5.69 Å². The maximum Gasteiger partial charge on any atom is 0.433 e. The number of rotatable bonds is 5. The van der Waals surface area contributed by atoms with E-state index in [1.807, 2.05) is 0 Å². The molecule has 0 bridgehead atoms.